The molecule has 1 aromatic carbocycles. The molecule has 10 heteroatoms. The topological polar surface area (TPSA) is 126 Å². The lowest BCUT2D eigenvalue weighted by Gasteiger charge is -2.28. The van der Waals surface area contributed by atoms with E-state index >= 15 is 0 Å². The standard InChI is InChI=1S/C25H33N3O6S/c1-6-22-19-10-8-16(12-17(19)14-28(22)24(31)34-25(3,4)5)23(30)27-21(15-29)20-11-9-18(13-26-20)35(32,33)7-2/h8-13,21-22,29H,6-7,14-15H2,1-5H3,(H,27,30)/t21-,22-/m0/s1. The number of rotatable bonds is 7. The second-order valence-corrected chi connectivity index (χ2v) is 11.8. The molecular formula is C25H33N3O6S. The maximum Gasteiger partial charge on any atom is 0.411 e. The summed E-state index contributed by atoms with van der Waals surface area (Å²) in [4.78, 5) is 31.6. The van der Waals surface area contributed by atoms with Crippen LogP contribution >= 0.6 is 0 Å². The van der Waals surface area contributed by atoms with E-state index in [0.29, 0.717) is 24.2 Å². The van der Waals surface area contributed by atoms with Crippen LogP contribution < -0.4 is 5.32 Å². The molecule has 0 fully saturated rings. The number of nitrogens with one attached hydrogen (secondary N) is 1. The normalized spacial score (nSPS) is 16.5. The summed E-state index contributed by atoms with van der Waals surface area (Å²) in [5, 5.41) is 12.6. The summed E-state index contributed by atoms with van der Waals surface area (Å²) in [6, 6.07) is 7.24. The third kappa shape index (κ3) is 5.99. The number of fused-ring (bicyclic) bond motifs is 1. The lowest BCUT2D eigenvalue weighted by molar-refractivity contribution is 0.0168. The lowest BCUT2D eigenvalue weighted by atomic mass is 10.00. The molecule has 1 aromatic heterocycles. The zero-order chi connectivity index (χ0) is 26.0. The SMILES string of the molecule is CC[C@H]1c2ccc(C(=O)N[C@@H](CO)c3ccc(S(=O)(=O)CC)cn3)cc2CN1C(=O)OC(C)(C)C. The summed E-state index contributed by atoms with van der Waals surface area (Å²) in [5.74, 6) is -0.459. The molecule has 2 heterocycles. The molecule has 0 aliphatic carbocycles. The third-order valence-electron chi connectivity index (χ3n) is 5.84. The average Bonchev–Trinajstić information content (AvgIpc) is 3.19. The van der Waals surface area contributed by atoms with E-state index in [1.807, 2.05) is 33.8 Å². The molecule has 1 aliphatic rings. The average molecular weight is 504 g/mol. The quantitative estimate of drug-likeness (QED) is 0.592. The predicted molar refractivity (Wildman–Crippen MR) is 131 cm³/mol. The van der Waals surface area contributed by atoms with Gasteiger partial charge in [0, 0.05) is 11.8 Å². The Bertz CT molecular complexity index is 1190. The molecule has 0 saturated heterocycles. The Labute approximate surface area is 206 Å². The second kappa shape index (κ2) is 10.3. The van der Waals surface area contributed by atoms with E-state index in [0.717, 1.165) is 11.1 Å². The monoisotopic (exact) mass is 503 g/mol. The number of pyridine rings is 1. The maximum atomic E-state index is 13.0. The summed E-state index contributed by atoms with van der Waals surface area (Å²) in [6.07, 6.45) is 1.54. The summed E-state index contributed by atoms with van der Waals surface area (Å²) in [6.45, 7) is 8.93. The number of aliphatic hydroxyl groups excluding tert-OH is 1. The predicted octanol–water partition coefficient (Wildman–Crippen LogP) is 3.54. The number of hydrogen-bond acceptors (Lipinski definition) is 7. The molecule has 0 bridgehead atoms. The minimum absolute atomic E-state index is 0.0449. The van der Waals surface area contributed by atoms with Gasteiger partial charge in [0.25, 0.3) is 5.91 Å². The Morgan fingerprint density at radius 2 is 1.94 bits per heavy atom. The van der Waals surface area contributed by atoms with Crippen LogP contribution in [0.5, 0.6) is 0 Å². The number of ether oxygens (including phenoxy) is 1. The Morgan fingerprint density at radius 3 is 2.49 bits per heavy atom. The molecule has 35 heavy (non-hydrogen) atoms. The lowest BCUT2D eigenvalue weighted by Crippen LogP contribution is -2.35. The highest BCUT2D eigenvalue weighted by atomic mass is 32.2. The number of hydrogen-bond donors (Lipinski definition) is 2. The first-order chi connectivity index (χ1) is 16.4. The maximum absolute atomic E-state index is 13.0. The Balaban J connectivity index is 1.77. The van der Waals surface area contributed by atoms with E-state index in [4.69, 9.17) is 4.74 Å². The van der Waals surface area contributed by atoms with E-state index in [9.17, 15) is 23.1 Å². The van der Waals surface area contributed by atoms with Crippen molar-refractivity contribution in [3.05, 3.63) is 58.9 Å². The zero-order valence-electron chi connectivity index (χ0n) is 20.7. The molecule has 0 saturated carbocycles. The van der Waals surface area contributed by atoms with Crippen molar-refractivity contribution in [1.82, 2.24) is 15.2 Å². The van der Waals surface area contributed by atoms with Crippen LogP contribution in [-0.2, 0) is 21.1 Å². The molecule has 3 rings (SSSR count). The highest BCUT2D eigenvalue weighted by molar-refractivity contribution is 7.91. The van der Waals surface area contributed by atoms with Gasteiger partial charge in [-0.3, -0.25) is 14.7 Å². The van der Waals surface area contributed by atoms with Crippen molar-refractivity contribution in [3.8, 4) is 0 Å². The van der Waals surface area contributed by atoms with Gasteiger partial charge in [-0.1, -0.05) is 19.9 Å². The fourth-order valence-corrected chi connectivity index (χ4v) is 4.85. The number of aromatic nitrogens is 1. The number of sulfone groups is 1. The number of benzene rings is 1. The van der Waals surface area contributed by atoms with Gasteiger partial charge in [0.2, 0.25) is 0 Å². The van der Waals surface area contributed by atoms with Gasteiger partial charge >= 0.3 is 6.09 Å². The van der Waals surface area contributed by atoms with Crippen molar-refractivity contribution < 1.29 is 27.9 Å². The van der Waals surface area contributed by atoms with Crippen LogP contribution in [0.1, 0.15) is 80.3 Å². The van der Waals surface area contributed by atoms with Crippen molar-refractivity contribution in [1.29, 1.82) is 0 Å². The largest absolute Gasteiger partial charge is 0.444 e. The minimum atomic E-state index is -3.40. The van der Waals surface area contributed by atoms with Crippen LogP contribution in [0.4, 0.5) is 4.79 Å². The number of carbonyl (C=O) groups excluding carboxylic acids is 2. The summed E-state index contributed by atoms with van der Waals surface area (Å²) in [5.41, 5.74) is 1.96. The van der Waals surface area contributed by atoms with Crippen LogP contribution in [0.2, 0.25) is 0 Å². The molecule has 2 amide bonds. The molecule has 0 unspecified atom stereocenters. The Morgan fingerprint density at radius 1 is 1.23 bits per heavy atom. The number of aliphatic hydroxyl groups is 1. The van der Waals surface area contributed by atoms with Crippen LogP contribution in [0.25, 0.3) is 0 Å². The molecule has 2 atom stereocenters. The molecule has 0 radical (unpaired) electrons. The molecule has 2 N–H and O–H groups in total. The second-order valence-electron chi connectivity index (χ2n) is 9.48. The molecule has 0 spiro atoms. The zero-order valence-corrected chi connectivity index (χ0v) is 21.6. The highest BCUT2D eigenvalue weighted by Crippen LogP contribution is 2.37. The number of nitrogens with zero attached hydrogens (tertiary/aromatic N) is 2. The van der Waals surface area contributed by atoms with Crippen LogP contribution in [0, 0.1) is 0 Å². The van der Waals surface area contributed by atoms with Gasteiger partial charge in [0.05, 0.1) is 41.6 Å². The van der Waals surface area contributed by atoms with Gasteiger partial charge in [-0.05, 0) is 62.6 Å². The fraction of sp³-hybridized carbons (Fsp3) is 0.480. The van der Waals surface area contributed by atoms with E-state index in [1.54, 1.807) is 24.0 Å². The molecular weight excluding hydrogens is 470 g/mol. The minimum Gasteiger partial charge on any atom is -0.444 e. The summed E-state index contributed by atoms with van der Waals surface area (Å²) in [7, 11) is -3.40. The first-order valence-electron chi connectivity index (χ1n) is 11.6. The summed E-state index contributed by atoms with van der Waals surface area (Å²) < 4.78 is 29.5. The van der Waals surface area contributed by atoms with Gasteiger partial charge in [-0.2, -0.15) is 0 Å². The highest BCUT2D eigenvalue weighted by Gasteiger charge is 2.35. The van der Waals surface area contributed by atoms with Gasteiger partial charge in [-0.25, -0.2) is 13.2 Å². The van der Waals surface area contributed by atoms with Crippen molar-refractivity contribution in [2.45, 2.75) is 70.2 Å². The molecule has 9 nitrogen and oxygen atoms in total. The van der Waals surface area contributed by atoms with Crippen molar-refractivity contribution in [2.24, 2.45) is 0 Å². The first kappa shape index (κ1) is 26.6. The Hall–Kier alpha value is -2.98. The summed E-state index contributed by atoms with van der Waals surface area (Å²) >= 11 is 0. The van der Waals surface area contributed by atoms with Crippen LogP contribution in [-0.4, -0.2) is 53.4 Å². The van der Waals surface area contributed by atoms with Gasteiger partial charge in [0.1, 0.15) is 5.60 Å². The molecule has 2 aromatic rings. The van der Waals surface area contributed by atoms with Crippen molar-refractivity contribution >= 4 is 21.8 Å². The number of amides is 2. The third-order valence-corrected chi connectivity index (χ3v) is 7.56. The van der Waals surface area contributed by atoms with Crippen molar-refractivity contribution in [3.63, 3.8) is 0 Å². The van der Waals surface area contributed by atoms with E-state index in [-0.39, 0.29) is 16.7 Å². The smallest absolute Gasteiger partial charge is 0.411 e. The van der Waals surface area contributed by atoms with E-state index in [1.165, 1.54) is 18.3 Å². The van der Waals surface area contributed by atoms with Gasteiger partial charge in [-0.15, -0.1) is 0 Å². The Kier molecular flexibility index (Phi) is 7.86. The molecule has 1 aliphatic heterocycles. The van der Waals surface area contributed by atoms with E-state index in [2.05, 4.69) is 10.3 Å². The fourth-order valence-electron chi connectivity index (χ4n) is 4.03. The number of carbonyl (C=O) groups is 2. The van der Waals surface area contributed by atoms with E-state index < -0.39 is 40.1 Å². The van der Waals surface area contributed by atoms with Gasteiger partial charge in [0.15, 0.2) is 9.84 Å². The first-order valence-corrected chi connectivity index (χ1v) is 13.3. The van der Waals surface area contributed by atoms with Crippen LogP contribution in [0.15, 0.2) is 41.4 Å². The van der Waals surface area contributed by atoms with Crippen molar-refractivity contribution in [2.75, 3.05) is 12.4 Å². The van der Waals surface area contributed by atoms with Crippen LogP contribution in [0.3, 0.4) is 0 Å². The van der Waals surface area contributed by atoms with Gasteiger partial charge < -0.3 is 15.2 Å². The molecule has 190 valence electrons.